The van der Waals surface area contributed by atoms with Crippen LogP contribution in [0.1, 0.15) is 12.0 Å². The van der Waals surface area contributed by atoms with Crippen LogP contribution in [-0.4, -0.2) is 30.4 Å². The Kier molecular flexibility index (Phi) is 5.82. The third kappa shape index (κ3) is 4.40. The van der Waals surface area contributed by atoms with Crippen LogP contribution >= 0.6 is 0 Å². The van der Waals surface area contributed by atoms with Crippen LogP contribution in [0.15, 0.2) is 97.6 Å². The number of fused-ring (bicyclic) bond motifs is 1. The van der Waals surface area contributed by atoms with Crippen molar-refractivity contribution >= 4 is 22.9 Å². The zero-order valence-electron chi connectivity index (χ0n) is 20.0. The van der Waals surface area contributed by atoms with Crippen molar-refractivity contribution in [3.05, 3.63) is 103 Å². The molecular formula is C29H25N7O. The molecule has 1 unspecified atom stereocenters. The molecule has 0 spiro atoms. The second kappa shape index (κ2) is 9.58. The number of imidazole rings is 1. The predicted octanol–water partition coefficient (Wildman–Crippen LogP) is 4.81. The fourth-order valence-corrected chi connectivity index (χ4v) is 4.52. The molecule has 1 amide bonds. The molecule has 8 heteroatoms. The number of carbonyl (C=O) groups excluding carboxylic acids is 1. The number of allylic oxidation sites excluding steroid dienone is 3. The number of anilines is 1. The lowest BCUT2D eigenvalue weighted by Crippen LogP contribution is -2.29. The van der Waals surface area contributed by atoms with Gasteiger partial charge in [0.1, 0.15) is 11.3 Å². The summed E-state index contributed by atoms with van der Waals surface area (Å²) in [5.74, 6) is 0.978. The largest absolute Gasteiger partial charge is 0.383 e. The molecule has 6 rings (SSSR count). The van der Waals surface area contributed by atoms with Crippen LogP contribution in [0.25, 0.3) is 39.4 Å². The number of hydrogen-bond acceptors (Lipinski definition) is 5. The van der Waals surface area contributed by atoms with Gasteiger partial charge in [-0.3, -0.25) is 9.36 Å². The minimum Gasteiger partial charge on any atom is -0.383 e. The van der Waals surface area contributed by atoms with Crippen LogP contribution in [0.3, 0.4) is 0 Å². The summed E-state index contributed by atoms with van der Waals surface area (Å²) in [5.41, 5.74) is 12.3. The predicted molar refractivity (Wildman–Crippen MR) is 145 cm³/mol. The summed E-state index contributed by atoms with van der Waals surface area (Å²) in [6.07, 6.45) is 15.9. The van der Waals surface area contributed by atoms with Gasteiger partial charge in [-0.1, -0.05) is 36.4 Å². The van der Waals surface area contributed by atoms with Crippen molar-refractivity contribution in [1.29, 1.82) is 0 Å². The van der Waals surface area contributed by atoms with E-state index < -0.39 is 0 Å². The van der Waals surface area contributed by atoms with Crippen molar-refractivity contribution in [2.24, 2.45) is 5.92 Å². The molecule has 1 aliphatic carbocycles. The van der Waals surface area contributed by atoms with Gasteiger partial charge < -0.3 is 16.0 Å². The number of amides is 1. The number of aromatic nitrogens is 5. The van der Waals surface area contributed by atoms with Crippen LogP contribution in [0.5, 0.6) is 0 Å². The molecule has 1 atom stereocenters. The highest BCUT2D eigenvalue weighted by molar-refractivity contribution is 5.85. The van der Waals surface area contributed by atoms with Gasteiger partial charge in [0, 0.05) is 48.1 Å². The number of carbonyl (C=O) groups is 1. The van der Waals surface area contributed by atoms with E-state index in [-0.39, 0.29) is 11.8 Å². The number of nitrogens with zero attached hydrogens (tertiary/aromatic N) is 4. The lowest BCUT2D eigenvalue weighted by atomic mass is 10.00. The number of nitrogen functional groups attached to an aromatic ring is 1. The van der Waals surface area contributed by atoms with E-state index in [0.29, 0.717) is 18.2 Å². The molecule has 4 N–H and O–H groups in total. The van der Waals surface area contributed by atoms with Crippen LogP contribution in [-0.2, 0) is 11.3 Å². The highest BCUT2D eigenvalue weighted by Gasteiger charge is 2.19. The van der Waals surface area contributed by atoms with E-state index in [9.17, 15) is 4.79 Å². The van der Waals surface area contributed by atoms with Gasteiger partial charge in [0.05, 0.1) is 11.5 Å². The average Bonchev–Trinajstić information content (AvgIpc) is 3.61. The highest BCUT2D eigenvalue weighted by Crippen LogP contribution is 2.32. The molecule has 0 aliphatic heterocycles. The number of pyridine rings is 2. The minimum absolute atomic E-state index is 0.0297. The van der Waals surface area contributed by atoms with Crippen LogP contribution in [0.2, 0.25) is 0 Å². The Hall–Kier alpha value is -4.98. The Morgan fingerprint density at radius 1 is 1.11 bits per heavy atom. The molecule has 0 fully saturated rings. The first-order valence-electron chi connectivity index (χ1n) is 12.1. The summed E-state index contributed by atoms with van der Waals surface area (Å²) in [5, 5.41) is 3.03. The molecule has 0 radical (unpaired) electrons. The second-order valence-electron chi connectivity index (χ2n) is 8.91. The number of aromatic amines is 1. The number of benzene rings is 1. The summed E-state index contributed by atoms with van der Waals surface area (Å²) < 4.78 is 1.99. The third-order valence-electron chi connectivity index (χ3n) is 6.49. The molecule has 5 aromatic rings. The fraction of sp³-hybridized carbons (Fsp3) is 0.103. The average molecular weight is 488 g/mol. The number of H-pyrrole nitrogens is 1. The Morgan fingerprint density at radius 3 is 2.76 bits per heavy atom. The maximum Gasteiger partial charge on any atom is 0.227 e. The van der Waals surface area contributed by atoms with Gasteiger partial charge in [-0.05, 0) is 48.4 Å². The van der Waals surface area contributed by atoms with Crippen LogP contribution in [0.4, 0.5) is 5.82 Å². The summed E-state index contributed by atoms with van der Waals surface area (Å²) >= 11 is 0. The van der Waals surface area contributed by atoms with E-state index in [0.717, 1.165) is 45.5 Å². The van der Waals surface area contributed by atoms with Gasteiger partial charge in [-0.25, -0.2) is 15.0 Å². The maximum absolute atomic E-state index is 12.5. The Bertz CT molecular complexity index is 1630. The van der Waals surface area contributed by atoms with E-state index in [1.807, 2.05) is 96.0 Å². The van der Waals surface area contributed by atoms with Crippen molar-refractivity contribution in [1.82, 2.24) is 29.8 Å². The smallest absolute Gasteiger partial charge is 0.227 e. The van der Waals surface area contributed by atoms with Gasteiger partial charge in [0.2, 0.25) is 5.91 Å². The van der Waals surface area contributed by atoms with E-state index in [2.05, 4.69) is 15.3 Å². The first-order chi connectivity index (χ1) is 18.2. The number of nitrogens with one attached hydrogen (secondary N) is 2. The summed E-state index contributed by atoms with van der Waals surface area (Å²) in [7, 11) is 0. The van der Waals surface area contributed by atoms with E-state index in [4.69, 9.17) is 15.7 Å². The van der Waals surface area contributed by atoms with Gasteiger partial charge in [0.25, 0.3) is 0 Å². The summed E-state index contributed by atoms with van der Waals surface area (Å²) in [4.78, 5) is 29.5. The van der Waals surface area contributed by atoms with Crippen LogP contribution in [0, 0.1) is 5.92 Å². The highest BCUT2D eigenvalue weighted by atomic mass is 16.1. The molecule has 4 heterocycles. The van der Waals surface area contributed by atoms with E-state index in [1.54, 1.807) is 6.20 Å². The zero-order valence-corrected chi connectivity index (χ0v) is 20.0. The maximum atomic E-state index is 12.5. The first-order valence-corrected chi connectivity index (χ1v) is 12.1. The molecule has 37 heavy (non-hydrogen) atoms. The van der Waals surface area contributed by atoms with E-state index >= 15 is 0 Å². The molecule has 182 valence electrons. The minimum atomic E-state index is -0.115. The number of rotatable bonds is 6. The molecular weight excluding hydrogens is 462 g/mol. The Balaban J connectivity index is 1.35. The van der Waals surface area contributed by atoms with Crippen molar-refractivity contribution in [2.45, 2.75) is 13.0 Å². The molecule has 8 nitrogen and oxygen atoms in total. The van der Waals surface area contributed by atoms with Crippen LogP contribution < -0.4 is 11.1 Å². The number of hydrogen-bond donors (Lipinski definition) is 3. The van der Waals surface area contributed by atoms with Crippen molar-refractivity contribution in [3.63, 3.8) is 0 Å². The van der Waals surface area contributed by atoms with Crippen molar-refractivity contribution in [3.8, 4) is 28.2 Å². The van der Waals surface area contributed by atoms with Gasteiger partial charge >= 0.3 is 0 Å². The normalized spacial score (nSPS) is 14.8. The SMILES string of the molecule is Nc1ncccc1-c1nc2cc(-c3cc[nH]c3)cnc2n1-c1ccc(CNC(=O)C2C=CC=CC2)cc1. The lowest BCUT2D eigenvalue weighted by molar-refractivity contribution is -0.123. The fourth-order valence-electron chi connectivity index (χ4n) is 4.52. The molecule has 0 saturated heterocycles. The quantitative estimate of drug-likeness (QED) is 0.318. The van der Waals surface area contributed by atoms with Gasteiger partial charge in [0.15, 0.2) is 11.5 Å². The Labute approximate surface area is 213 Å². The summed E-state index contributed by atoms with van der Waals surface area (Å²) in [6.45, 7) is 0.457. The third-order valence-corrected chi connectivity index (χ3v) is 6.49. The van der Waals surface area contributed by atoms with E-state index in [1.165, 1.54) is 0 Å². The Morgan fingerprint density at radius 2 is 2.00 bits per heavy atom. The summed E-state index contributed by atoms with van der Waals surface area (Å²) in [6, 6.07) is 15.8. The molecule has 0 saturated carbocycles. The second-order valence-corrected chi connectivity index (χ2v) is 8.91. The molecule has 1 aliphatic rings. The topological polar surface area (TPSA) is 115 Å². The number of nitrogens with two attached hydrogens (primary N) is 1. The first kappa shape index (κ1) is 22.5. The molecule has 1 aromatic carbocycles. The standard InChI is InChI=1S/C29H25N7O/c30-26-24(7-4-13-32-26)27-35-25-15-22(21-12-14-31-17-21)18-33-28(25)36(27)23-10-8-19(9-11-23)16-34-29(37)20-5-2-1-3-6-20/h1-5,7-15,17-18,20,31H,6,16H2,(H2,30,32)(H,34,37). The zero-order chi connectivity index (χ0) is 25.2. The van der Waals surface area contributed by atoms with Crippen molar-refractivity contribution in [2.75, 3.05) is 5.73 Å². The monoisotopic (exact) mass is 487 g/mol. The van der Waals surface area contributed by atoms with Gasteiger partial charge in [-0.2, -0.15) is 0 Å². The van der Waals surface area contributed by atoms with Crippen molar-refractivity contribution < 1.29 is 4.79 Å². The van der Waals surface area contributed by atoms with Gasteiger partial charge in [-0.15, -0.1) is 0 Å². The molecule has 4 aromatic heterocycles. The molecule has 0 bridgehead atoms. The lowest BCUT2D eigenvalue weighted by Gasteiger charge is -2.14.